The molecule has 5 heteroatoms. The van der Waals surface area contributed by atoms with Gasteiger partial charge in [0, 0.05) is 16.2 Å². The summed E-state index contributed by atoms with van der Waals surface area (Å²) in [5.41, 5.74) is 11.5. The summed E-state index contributed by atoms with van der Waals surface area (Å²) in [7, 11) is 0. The van der Waals surface area contributed by atoms with E-state index in [1.165, 1.54) is 5.56 Å². The van der Waals surface area contributed by atoms with Crippen molar-refractivity contribution in [2.24, 2.45) is 5.11 Å². The number of aromatic nitrogens is 1. The zero-order valence-corrected chi connectivity index (χ0v) is 10.9. The minimum Gasteiger partial charge on any atom is -0.246 e. The minimum atomic E-state index is 0.426. The highest BCUT2D eigenvalue weighted by Crippen LogP contribution is 2.24. The van der Waals surface area contributed by atoms with Gasteiger partial charge in [-0.3, -0.25) is 0 Å². The molecule has 4 nitrogen and oxygen atoms in total. The Morgan fingerprint density at radius 3 is 2.89 bits per heavy atom. The van der Waals surface area contributed by atoms with E-state index in [4.69, 9.17) is 17.1 Å². The molecular formula is C13H13ClN4. The van der Waals surface area contributed by atoms with Crippen LogP contribution in [-0.2, 0) is 12.8 Å². The van der Waals surface area contributed by atoms with Crippen LogP contribution in [0.1, 0.15) is 18.1 Å². The molecule has 0 amide bonds. The number of aryl methyl sites for hydroxylation is 2. The molecule has 0 radical (unpaired) electrons. The number of alkyl halides is 1. The summed E-state index contributed by atoms with van der Waals surface area (Å²) in [5.74, 6) is 0.907. The summed E-state index contributed by atoms with van der Waals surface area (Å²) < 4.78 is 0. The van der Waals surface area contributed by atoms with Crippen LogP contribution >= 0.6 is 11.6 Å². The third-order valence-electron chi connectivity index (χ3n) is 2.85. The van der Waals surface area contributed by atoms with Crippen LogP contribution in [0.15, 0.2) is 29.4 Å². The molecular weight excluding hydrogens is 248 g/mol. The standard InChI is InChI=1S/C13H13ClN4/c1-2-9-3-4-12-11(7-9)8-10(5-6-14)13(16-12)17-18-15/h3-4,7-8H,2,5-6H2,1H3. The highest BCUT2D eigenvalue weighted by atomic mass is 35.5. The SMILES string of the molecule is CCc1ccc2nc(N=[N+]=[N-])c(CCCl)cc2c1. The summed E-state index contributed by atoms with van der Waals surface area (Å²) in [4.78, 5) is 7.19. The predicted octanol–water partition coefficient (Wildman–Crippen LogP) is 4.52. The number of nitrogens with zero attached hydrogens (tertiary/aromatic N) is 4. The molecule has 0 fully saturated rings. The maximum atomic E-state index is 8.55. The molecule has 1 heterocycles. The fourth-order valence-electron chi connectivity index (χ4n) is 1.89. The van der Waals surface area contributed by atoms with Crippen molar-refractivity contribution in [2.45, 2.75) is 19.8 Å². The minimum absolute atomic E-state index is 0.426. The highest BCUT2D eigenvalue weighted by Gasteiger charge is 2.05. The van der Waals surface area contributed by atoms with Gasteiger partial charge < -0.3 is 0 Å². The van der Waals surface area contributed by atoms with E-state index in [9.17, 15) is 0 Å². The number of fused-ring (bicyclic) bond motifs is 1. The zero-order valence-electron chi connectivity index (χ0n) is 10.1. The van der Waals surface area contributed by atoms with E-state index < -0.39 is 0 Å². The van der Waals surface area contributed by atoms with Gasteiger partial charge in [0.2, 0.25) is 0 Å². The van der Waals surface area contributed by atoms with Crippen molar-refractivity contribution in [3.8, 4) is 0 Å². The Balaban J connectivity index is 2.63. The van der Waals surface area contributed by atoms with E-state index in [1.807, 2.05) is 18.2 Å². The van der Waals surface area contributed by atoms with Crippen molar-refractivity contribution in [2.75, 3.05) is 5.88 Å². The van der Waals surface area contributed by atoms with Gasteiger partial charge in [-0.2, -0.15) is 0 Å². The van der Waals surface area contributed by atoms with Gasteiger partial charge in [0.25, 0.3) is 0 Å². The summed E-state index contributed by atoms with van der Waals surface area (Å²) in [6.45, 7) is 2.11. The second-order valence-electron chi connectivity index (χ2n) is 3.98. The Hall–Kier alpha value is -1.77. The van der Waals surface area contributed by atoms with Crippen molar-refractivity contribution in [3.63, 3.8) is 0 Å². The van der Waals surface area contributed by atoms with Crippen LogP contribution in [0.4, 0.5) is 5.82 Å². The quantitative estimate of drug-likeness (QED) is 0.345. The molecule has 0 unspecified atom stereocenters. The maximum absolute atomic E-state index is 8.55. The first-order valence-electron chi connectivity index (χ1n) is 5.82. The van der Waals surface area contributed by atoms with Crippen molar-refractivity contribution in [3.05, 3.63) is 45.8 Å². The summed E-state index contributed by atoms with van der Waals surface area (Å²) in [5, 5.41) is 4.69. The Bertz CT molecular complexity index is 618. The van der Waals surface area contributed by atoms with Crippen LogP contribution in [0.3, 0.4) is 0 Å². The molecule has 0 saturated heterocycles. The smallest absolute Gasteiger partial charge is 0.130 e. The van der Waals surface area contributed by atoms with E-state index in [-0.39, 0.29) is 0 Å². The van der Waals surface area contributed by atoms with Gasteiger partial charge in [-0.05, 0) is 52.8 Å². The monoisotopic (exact) mass is 260 g/mol. The molecule has 0 bridgehead atoms. The average molecular weight is 261 g/mol. The molecule has 0 N–H and O–H groups in total. The average Bonchev–Trinajstić information content (AvgIpc) is 2.39. The van der Waals surface area contributed by atoms with Crippen LogP contribution in [0.5, 0.6) is 0 Å². The lowest BCUT2D eigenvalue weighted by atomic mass is 10.1. The van der Waals surface area contributed by atoms with Gasteiger partial charge >= 0.3 is 0 Å². The highest BCUT2D eigenvalue weighted by molar-refractivity contribution is 6.18. The summed E-state index contributed by atoms with van der Waals surface area (Å²) in [6.07, 6.45) is 1.63. The number of halogens is 1. The molecule has 18 heavy (non-hydrogen) atoms. The molecule has 2 rings (SSSR count). The Labute approximate surface area is 110 Å². The molecule has 0 spiro atoms. The normalized spacial score (nSPS) is 10.3. The first-order chi connectivity index (χ1) is 8.78. The van der Waals surface area contributed by atoms with E-state index >= 15 is 0 Å². The van der Waals surface area contributed by atoms with E-state index in [0.717, 1.165) is 22.9 Å². The van der Waals surface area contributed by atoms with Gasteiger partial charge in [-0.1, -0.05) is 13.0 Å². The van der Waals surface area contributed by atoms with Gasteiger partial charge in [-0.25, -0.2) is 4.98 Å². The Morgan fingerprint density at radius 2 is 2.22 bits per heavy atom. The lowest BCUT2D eigenvalue weighted by Crippen LogP contribution is -1.92. The molecule has 0 aliphatic rings. The molecule has 0 saturated carbocycles. The van der Waals surface area contributed by atoms with Crippen LogP contribution in [0, 0.1) is 0 Å². The number of pyridine rings is 1. The molecule has 92 valence electrons. The summed E-state index contributed by atoms with van der Waals surface area (Å²) >= 11 is 5.76. The molecule has 0 aliphatic carbocycles. The number of azide groups is 1. The fraction of sp³-hybridized carbons (Fsp3) is 0.308. The second kappa shape index (κ2) is 5.71. The number of hydrogen-bond donors (Lipinski definition) is 0. The van der Waals surface area contributed by atoms with E-state index in [0.29, 0.717) is 18.1 Å². The topological polar surface area (TPSA) is 61.7 Å². The van der Waals surface area contributed by atoms with Crippen LogP contribution in [0.25, 0.3) is 21.3 Å². The van der Waals surface area contributed by atoms with Crippen LogP contribution in [0.2, 0.25) is 0 Å². The zero-order chi connectivity index (χ0) is 13.0. The first-order valence-corrected chi connectivity index (χ1v) is 6.35. The molecule has 2 aromatic rings. The van der Waals surface area contributed by atoms with Gasteiger partial charge in [0.1, 0.15) is 5.82 Å². The maximum Gasteiger partial charge on any atom is 0.130 e. The molecule has 1 aromatic heterocycles. The van der Waals surface area contributed by atoms with Gasteiger partial charge in [-0.15, -0.1) is 11.6 Å². The Kier molecular flexibility index (Phi) is 4.03. The lowest BCUT2D eigenvalue weighted by Gasteiger charge is -2.06. The van der Waals surface area contributed by atoms with Gasteiger partial charge in [0.05, 0.1) is 5.52 Å². The second-order valence-corrected chi connectivity index (χ2v) is 4.36. The van der Waals surface area contributed by atoms with Crippen molar-refractivity contribution < 1.29 is 0 Å². The summed E-state index contributed by atoms with van der Waals surface area (Å²) in [6, 6.07) is 8.11. The largest absolute Gasteiger partial charge is 0.246 e. The van der Waals surface area contributed by atoms with Crippen molar-refractivity contribution in [1.29, 1.82) is 0 Å². The first kappa shape index (κ1) is 12.7. The molecule has 0 aliphatic heterocycles. The van der Waals surface area contributed by atoms with Crippen LogP contribution in [-0.4, -0.2) is 10.9 Å². The third kappa shape index (κ3) is 2.55. The van der Waals surface area contributed by atoms with E-state index in [2.05, 4.69) is 28.0 Å². The lowest BCUT2D eigenvalue weighted by molar-refractivity contribution is 1.11. The number of rotatable bonds is 4. The van der Waals surface area contributed by atoms with Crippen LogP contribution < -0.4 is 0 Å². The van der Waals surface area contributed by atoms with Gasteiger partial charge in [0.15, 0.2) is 0 Å². The third-order valence-corrected chi connectivity index (χ3v) is 3.04. The van der Waals surface area contributed by atoms with E-state index in [1.54, 1.807) is 0 Å². The van der Waals surface area contributed by atoms with Crippen molar-refractivity contribution >= 4 is 28.3 Å². The fourth-order valence-corrected chi connectivity index (χ4v) is 2.10. The molecule has 0 atom stereocenters. The predicted molar refractivity (Wildman–Crippen MR) is 74.4 cm³/mol. The number of benzene rings is 1. The molecule has 1 aromatic carbocycles. The Morgan fingerprint density at radius 1 is 1.39 bits per heavy atom. The van der Waals surface area contributed by atoms with Crippen molar-refractivity contribution in [1.82, 2.24) is 4.98 Å². The number of hydrogen-bond acceptors (Lipinski definition) is 2.